The van der Waals surface area contributed by atoms with E-state index in [0.717, 1.165) is 0 Å². The van der Waals surface area contributed by atoms with Gasteiger partial charge in [0, 0.05) is 6.07 Å². The number of carbonyl (C=O) groups excluding carboxylic acids is 1. The number of rotatable bonds is 4. The smallest absolute Gasteiger partial charge is 0.292 e. The third-order valence-electron chi connectivity index (χ3n) is 2.89. The molecule has 1 aromatic carbocycles. The number of benzene rings is 1. The van der Waals surface area contributed by atoms with E-state index in [9.17, 15) is 14.9 Å². The molecule has 0 saturated heterocycles. The Morgan fingerprint density at radius 3 is 2.65 bits per heavy atom. The van der Waals surface area contributed by atoms with Crippen LogP contribution < -0.4 is 5.32 Å². The lowest BCUT2D eigenvalue weighted by Crippen LogP contribution is -2.16. The highest BCUT2D eigenvalue weighted by Crippen LogP contribution is 2.23. The molecule has 2 heterocycles. The van der Waals surface area contributed by atoms with Crippen molar-refractivity contribution in [1.82, 2.24) is 25.0 Å². The van der Waals surface area contributed by atoms with E-state index in [2.05, 4.69) is 25.6 Å². The summed E-state index contributed by atoms with van der Waals surface area (Å²) in [6.07, 6.45) is 2.79. The van der Waals surface area contributed by atoms with E-state index in [4.69, 9.17) is 0 Å². The van der Waals surface area contributed by atoms with Gasteiger partial charge in [0.05, 0.1) is 4.92 Å². The maximum Gasteiger partial charge on any atom is 0.292 e. The van der Waals surface area contributed by atoms with Crippen molar-refractivity contribution in [3.05, 3.63) is 64.9 Å². The molecule has 0 radical (unpaired) electrons. The van der Waals surface area contributed by atoms with Gasteiger partial charge >= 0.3 is 0 Å². The summed E-state index contributed by atoms with van der Waals surface area (Å²) >= 11 is 0. The van der Waals surface area contributed by atoms with Crippen LogP contribution in [0, 0.1) is 10.1 Å². The standard InChI is InChI=1S/C13H9N7O3/c21-13(16-9-3-1-2-4-11(9)20(22)23)10-5-6-12(18-17-10)19-8-14-7-15-19/h1-8H,(H,16,21). The van der Waals surface area contributed by atoms with E-state index in [1.807, 2.05) is 0 Å². The van der Waals surface area contributed by atoms with E-state index in [1.54, 1.807) is 6.07 Å². The molecule has 1 amide bonds. The summed E-state index contributed by atoms with van der Waals surface area (Å²) in [5.41, 5.74) is -0.0929. The van der Waals surface area contributed by atoms with Gasteiger partial charge < -0.3 is 5.32 Å². The summed E-state index contributed by atoms with van der Waals surface area (Å²) in [6, 6.07) is 8.81. The van der Waals surface area contributed by atoms with Gasteiger partial charge in [-0.1, -0.05) is 12.1 Å². The molecule has 10 heteroatoms. The lowest BCUT2D eigenvalue weighted by molar-refractivity contribution is -0.383. The first-order chi connectivity index (χ1) is 11.1. The maximum atomic E-state index is 12.1. The number of hydrogen-bond acceptors (Lipinski definition) is 7. The number of aromatic nitrogens is 5. The van der Waals surface area contributed by atoms with Crippen LogP contribution in [0.5, 0.6) is 0 Å². The molecule has 0 fully saturated rings. The highest BCUT2D eigenvalue weighted by Gasteiger charge is 2.16. The van der Waals surface area contributed by atoms with Crippen LogP contribution in [-0.4, -0.2) is 35.8 Å². The summed E-state index contributed by atoms with van der Waals surface area (Å²) in [4.78, 5) is 26.2. The van der Waals surface area contributed by atoms with Gasteiger partial charge in [0.15, 0.2) is 11.5 Å². The van der Waals surface area contributed by atoms with Crippen molar-refractivity contribution in [2.45, 2.75) is 0 Å². The zero-order valence-corrected chi connectivity index (χ0v) is 11.5. The number of para-hydroxylation sites is 2. The molecule has 2 aromatic heterocycles. The van der Waals surface area contributed by atoms with Crippen molar-refractivity contribution in [2.24, 2.45) is 0 Å². The molecule has 3 rings (SSSR count). The van der Waals surface area contributed by atoms with E-state index in [0.29, 0.717) is 5.82 Å². The second-order valence-electron chi connectivity index (χ2n) is 4.35. The summed E-state index contributed by atoms with van der Waals surface area (Å²) in [5, 5.41) is 24.9. The Balaban J connectivity index is 1.80. The van der Waals surface area contributed by atoms with Crippen molar-refractivity contribution in [1.29, 1.82) is 0 Å². The topological polar surface area (TPSA) is 129 Å². The van der Waals surface area contributed by atoms with Crippen molar-refractivity contribution in [2.75, 3.05) is 5.32 Å². The fraction of sp³-hybridized carbons (Fsp3) is 0. The summed E-state index contributed by atoms with van der Waals surface area (Å²) in [6.45, 7) is 0. The predicted octanol–water partition coefficient (Wildman–Crippen LogP) is 1.22. The van der Waals surface area contributed by atoms with Crippen LogP contribution in [0.15, 0.2) is 49.1 Å². The third-order valence-corrected chi connectivity index (χ3v) is 2.89. The second-order valence-corrected chi connectivity index (χ2v) is 4.35. The molecule has 0 aliphatic rings. The van der Waals surface area contributed by atoms with Crippen LogP contribution in [0.1, 0.15) is 10.5 Å². The van der Waals surface area contributed by atoms with Crippen molar-refractivity contribution in [3.63, 3.8) is 0 Å². The average molecular weight is 311 g/mol. The number of nitrogens with zero attached hydrogens (tertiary/aromatic N) is 6. The lowest BCUT2D eigenvalue weighted by Gasteiger charge is -2.05. The van der Waals surface area contributed by atoms with Gasteiger partial charge in [-0.15, -0.1) is 10.2 Å². The van der Waals surface area contributed by atoms with Gasteiger partial charge in [0.25, 0.3) is 11.6 Å². The fourth-order valence-electron chi connectivity index (χ4n) is 1.82. The minimum absolute atomic E-state index is 0.0204. The molecule has 10 nitrogen and oxygen atoms in total. The van der Waals surface area contributed by atoms with Gasteiger partial charge in [0.2, 0.25) is 0 Å². The molecule has 3 aromatic rings. The Hall–Kier alpha value is -3.69. The number of nitro groups is 1. The number of nitrogens with one attached hydrogen (secondary N) is 1. The van der Waals surface area contributed by atoms with Crippen LogP contribution >= 0.6 is 0 Å². The zero-order valence-electron chi connectivity index (χ0n) is 11.5. The number of hydrogen-bond donors (Lipinski definition) is 1. The number of anilines is 1. The Kier molecular flexibility index (Phi) is 3.70. The number of nitro benzene ring substituents is 1. The molecule has 0 saturated carbocycles. The van der Waals surface area contributed by atoms with Gasteiger partial charge in [0.1, 0.15) is 18.3 Å². The summed E-state index contributed by atoms with van der Waals surface area (Å²) in [7, 11) is 0. The Morgan fingerprint density at radius 2 is 2.00 bits per heavy atom. The Morgan fingerprint density at radius 1 is 1.17 bits per heavy atom. The largest absolute Gasteiger partial charge is 0.315 e. The van der Waals surface area contributed by atoms with Crippen LogP contribution in [0.2, 0.25) is 0 Å². The number of amides is 1. The molecular formula is C13H9N7O3. The van der Waals surface area contributed by atoms with Gasteiger partial charge in [-0.2, -0.15) is 5.10 Å². The molecule has 0 bridgehead atoms. The zero-order chi connectivity index (χ0) is 16.2. The second kappa shape index (κ2) is 5.97. The van der Waals surface area contributed by atoms with Gasteiger partial charge in [-0.05, 0) is 18.2 Å². The molecule has 114 valence electrons. The van der Waals surface area contributed by atoms with Gasteiger partial charge in [-0.25, -0.2) is 9.67 Å². The molecule has 0 spiro atoms. The highest BCUT2D eigenvalue weighted by molar-refractivity contribution is 6.03. The monoisotopic (exact) mass is 311 g/mol. The Bertz CT molecular complexity index is 846. The molecule has 0 aliphatic heterocycles. The molecule has 0 unspecified atom stereocenters. The van der Waals surface area contributed by atoms with Crippen LogP contribution in [0.3, 0.4) is 0 Å². The minimum atomic E-state index is -0.600. The molecule has 1 N–H and O–H groups in total. The number of carbonyl (C=O) groups is 1. The minimum Gasteiger partial charge on any atom is -0.315 e. The molecule has 23 heavy (non-hydrogen) atoms. The van der Waals surface area contributed by atoms with E-state index in [1.165, 1.54) is 47.7 Å². The van der Waals surface area contributed by atoms with Gasteiger partial charge in [-0.3, -0.25) is 14.9 Å². The van der Waals surface area contributed by atoms with Crippen LogP contribution in [-0.2, 0) is 0 Å². The van der Waals surface area contributed by atoms with E-state index >= 15 is 0 Å². The summed E-state index contributed by atoms with van der Waals surface area (Å²) < 4.78 is 1.39. The van der Waals surface area contributed by atoms with Crippen molar-refractivity contribution in [3.8, 4) is 5.82 Å². The first-order valence-electron chi connectivity index (χ1n) is 6.38. The first-order valence-corrected chi connectivity index (χ1v) is 6.38. The maximum absolute atomic E-state index is 12.1. The van der Waals surface area contributed by atoms with Crippen LogP contribution in [0.25, 0.3) is 5.82 Å². The lowest BCUT2D eigenvalue weighted by atomic mass is 10.2. The highest BCUT2D eigenvalue weighted by atomic mass is 16.6. The normalized spacial score (nSPS) is 10.3. The third kappa shape index (κ3) is 3.00. The summed E-state index contributed by atoms with van der Waals surface area (Å²) in [5.74, 6) is -0.207. The quantitative estimate of drug-likeness (QED) is 0.566. The van der Waals surface area contributed by atoms with E-state index < -0.39 is 10.8 Å². The fourth-order valence-corrected chi connectivity index (χ4v) is 1.82. The van der Waals surface area contributed by atoms with Crippen molar-refractivity contribution >= 4 is 17.3 Å². The predicted molar refractivity (Wildman–Crippen MR) is 78.0 cm³/mol. The van der Waals surface area contributed by atoms with Crippen molar-refractivity contribution < 1.29 is 9.72 Å². The van der Waals surface area contributed by atoms with Crippen LogP contribution in [0.4, 0.5) is 11.4 Å². The average Bonchev–Trinajstić information content (AvgIpc) is 3.10. The molecular weight excluding hydrogens is 302 g/mol. The first kappa shape index (κ1) is 14.3. The van der Waals surface area contributed by atoms with E-state index in [-0.39, 0.29) is 17.1 Å². The molecule has 0 aliphatic carbocycles. The SMILES string of the molecule is O=C(Nc1ccccc1[N+](=O)[O-])c1ccc(-n2cncn2)nn1. The molecule has 0 atom stereocenters. The Labute approximate surface area is 129 Å².